The van der Waals surface area contributed by atoms with Gasteiger partial charge in [0, 0.05) is 0 Å². The molecule has 3 N–H and O–H groups in total. The molecule has 1 aromatic carbocycles. The van der Waals surface area contributed by atoms with Crippen molar-refractivity contribution in [3.05, 3.63) is 29.8 Å². The van der Waals surface area contributed by atoms with Crippen molar-refractivity contribution < 1.29 is 24.5 Å². The molecule has 0 saturated carbocycles. The van der Waals surface area contributed by atoms with E-state index in [1.165, 1.54) is 14.7 Å². The van der Waals surface area contributed by atoms with Crippen LogP contribution in [0, 0.1) is 6.92 Å². The average Bonchev–Trinajstić information content (AvgIpc) is 2.84. The predicted molar refractivity (Wildman–Crippen MR) is 85.4 cm³/mol. The fraction of sp³-hybridized carbons (Fsp3) is 0.529. The van der Waals surface area contributed by atoms with Crippen molar-refractivity contribution in [3.63, 3.8) is 0 Å². The lowest BCUT2D eigenvalue weighted by molar-refractivity contribution is -1.02. The van der Waals surface area contributed by atoms with Crippen LogP contribution in [0.4, 0.5) is 5.69 Å². The van der Waals surface area contributed by atoms with Crippen LogP contribution < -0.4 is 14.7 Å². The van der Waals surface area contributed by atoms with E-state index in [2.05, 4.69) is 0 Å². The second kappa shape index (κ2) is 6.78. The fourth-order valence-electron chi connectivity index (χ4n) is 3.60. The summed E-state index contributed by atoms with van der Waals surface area (Å²) in [6.45, 7) is 6.59. The van der Waals surface area contributed by atoms with Gasteiger partial charge in [0.25, 0.3) is 5.91 Å². The van der Waals surface area contributed by atoms with Crippen LogP contribution in [-0.4, -0.2) is 62.3 Å². The molecular formula is C17H25N3O3+2. The Labute approximate surface area is 136 Å². The van der Waals surface area contributed by atoms with Gasteiger partial charge < -0.3 is 14.9 Å². The Balaban J connectivity index is 1.68. The molecule has 2 aliphatic heterocycles. The number of imide groups is 1. The lowest BCUT2D eigenvalue weighted by Crippen LogP contribution is -3.30. The van der Waals surface area contributed by atoms with Gasteiger partial charge >= 0.3 is 0 Å². The molecule has 0 radical (unpaired) electrons. The van der Waals surface area contributed by atoms with E-state index in [4.69, 9.17) is 5.11 Å². The third kappa shape index (κ3) is 3.29. The molecule has 124 valence electrons. The van der Waals surface area contributed by atoms with Crippen LogP contribution in [0.15, 0.2) is 24.3 Å². The van der Waals surface area contributed by atoms with Gasteiger partial charge in [-0.15, -0.1) is 0 Å². The van der Waals surface area contributed by atoms with E-state index in [-0.39, 0.29) is 24.5 Å². The first-order valence-electron chi connectivity index (χ1n) is 8.32. The zero-order valence-electron chi connectivity index (χ0n) is 13.5. The maximum atomic E-state index is 12.7. The molecule has 0 spiro atoms. The van der Waals surface area contributed by atoms with Crippen molar-refractivity contribution in [1.82, 2.24) is 0 Å². The molecule has 0 aliphatic carbocycles. The van der Waals surface area contributed by atoms with Gasteiger partial charge in [-0.25, -0.2) is 4.90 Å². The Bertz CT molecular complexity index is 579. The first kappa shape index (κ1) is 16.1. The van der Waals surface area contributed by atoms with E-state index in [1.54, 1.807) is 0 Å². The summed E-state index contributed by atoms with van der Waals surface area (Å²) in [5.74, 6) is -0.166. The number of anilines is 1. The van der Waals surface area contributed by atoms with Crippen LogP contribution in [0.2, 0.25) is 0 Å². The van der Waals surface area contributed by atoms with E-state index < -0.39 is 0 Å². The molecule has 1 aromatic rings. The number of amides is 2. The van der Waals surface area contributed by atoms with Crippen LogP contribution >= 0.6 is 0 Å². The normalized spacial score (nSPS) is 28.4. The van der Waals surface area contributed by atoms with E-state index in [0.29, 0.717) is 12.1 Å². The predicted octanol–water partition coefficient (Wildman–Crippen LogP) is -2.60. The molecule has 0 aromatic heterocycles. The molecule has 2 heterocycles. The van der Waals surface area contributed by atoms with Crippen LogP contribution in [-0.2, 0) is 9.59 Å². The van der Waals surface area contributed by atoms with E-state index in [9.17, 15) is 9.59 Å². The molecule has 2 aliphatic rings. The number of aliphatic hydroxyl groups is 1. The van der Waals surface area contributed by atoms with Gasteiger partial charge in [-0.2, -0.15) is 0 Å². The molecule has 2 fully saturated rings. The van der Waals surface area contributed by atoms with Crippen LogP contribution in [0.5, 0.6) is 0 Å². The van der Waals surface area contributed by atoms with Gasteiger partial charge in [-0.1, -0.05) is 17.7 Å². The lowest BCUT2D eigenvalue weighted by atomic mass is 10.1. The van der Waals surface area contributed by atoms with Crippen LogP contribution in [0.1, 0.15) is 12.0 Å². The highest BCUT2D eigenvalue weighted by atomic mass is 16.3. The average molecular weight is 319 g/mol. The van der Waals surface area contributed by atoms with E-state index >= 15 is 0 Å². The minimum absolute atomic E-state index is 0.0699. The summed E-state index contributed by atoms with van der Waals surface area (Å²) >= 11 is 0. The molecule has 6 heteroatoms. The SMILES string of the molecule is Cc1ccc(N2C(=O)CC([NH+]3CC[NH+](CCO)CC3)C2=O)cc1. The summed E-state index contributed by atoms with van der Waals surface area (Å²) < 4.78 is 0. The molecule has 3 rings (SSSR count). The third-order valence-corrected chi connectivity index (χ3v) is 5.00. The molecule has 6 nitrogen and oxygen atoms in total. The molecule has 23 heavy (non-hydrogen) atoms. The first-order valence-corrected chi connectivity index (χ1v) is 8.32. The monoisotopic (exact) mass is 319 g/mol. The van der Waals surface area contributed by atoms with Crippen molar-refractivity contribution in [2.45, 2.75) is 19.4 Å². The maximum absolute atomic E-state index is 12.7. The third-order valence-electron chi connectivity index (χ3n) is 5.00. The molecule has 1 unspecified atom stereocenters. The Morgan fingerprint density at radius 3 is 2.39 bits per heavy atom. The Hall–Kier alpha value is -1.76. The number of carbonyl (C=O) groups is 2. The maximum Gasteiger partial charge on any atom is 0.292 e. The molecule has 1 atom stereocenters. The highest BCUT2D eigenvalue weighted by Crippen LogP contribution is 2.22. The number of quaternary nitrogens is 2. The van der Waals surface area contributed by atoms with Crippen LogP contribution in [0.3, 0.4) is 0 Å². The van der Waals surface area contributed by atoms with Gasteiger partial charge in [0.15, 0.2) is 6.04 Å². The number of nitrogens with one attached hydrogen (secondary N) is 2. The van der Waals surface area contributed by atoms with Gasteiger partial charge in [-0.3, -0.25) is 9.59 Å². The van der Waals surface area contributed by atoms with Crippen LogP contribution in [0.25, 0.3) is 0 Å². The number of benzene rings is 1. The molecule has 0 bridgehead atoms. The quantitative estimate of drug-likeness (QED) is 0.534. The minimum atomic E-state index is -0.250. The smallest absolute Gasteiger partial charge is 0.292 e. The number of hydrogen-bond donors (Lipinski definition) is 3. The minimum Gasteiger partial charge on any atom is -0.391 e. The second-order valence-electron chi connectivity index (χ2n) is 6.54. The number of aliphatic hydroxyl groups excluding tert-OH is 1. The van der Waals surface area contributed by atoms with E-state index in [1.807, 2.05) is 31.2 Å². The Morgan fingerprint density at radius 1 is 1.13 bits per heavy atom. The molecule has 2 saturated heterocycles. The van der Waals surface area contributed by atoms with Gasteiger partial charge in [0.2, 0.25) is 5.91 Å². The largest absolute Gasteiger partial charge is 0.391 e. The zero-order chi connectivity index (χ0) is 16.4. The van der Waals surface area contributed by atoms with Crippen molar-refractivity contribution in [3.8, 4) is 0 Å². The van der Waals surface area contributed by atoms with Crippen molar-refractivity contribution in [2.24, 2.45) is 0 Å². The highest BCUT2D eigenvalue weighted by molar-refractivity contribution is 6.21. The first-order chi connectivity index (χ1) is 11.1. The number of nitrogens with zero attached hydrogens (tertiary/aromatic N) is 1. The number of hydrogen-bond acceptors (Lipinski definition) is 3. The van der Waals surface area contributed by atoms with Gasteiger partial charge in [-0.05, 0) is 19.1 Å². The topological polar surface area (TPSA) is 66.5 Å². The second-order valence-corrected chi connectivity index (χ2v) is 6.54. The Morgan fingerprint density at radius 2 is 1.78 bits per heavy atom. The van der Waals surface area contributed by atoms with Gasteiger partial charge in [0.1, 0.15) is 32.7 Å². The number of rotatable bonds is 4. The number of piperazine rings is 1. The summed E-state index contributed by atoms with van der Waals surface area (Å²) in [5, 5.41) is 9.02. The summed E-state index contributed by atoms with van der Waals surface area (Å²) in [6, 6.07) is 7.28. The van der Waals surface area contributed by atoms with Crippen molar-refractivity contribution in [2.75, 3.05) is 44.2 Å². The molecular weight excluding hydrogens is 294 g/mol. The summed E-state index contributed by atoms with van der Waals surface area (Å²) in [5.41, 5.74) is 1.79. The fourth-order valence-corrected chi connectivity index (χ4v) is 3.60. The lowest BCUT2D eigenvalue weighted by Gasteiger charge is -2.31. The van der Waals surface area contributed by atoms with E-state index in [0.717, 1.165) is 38.3 Å². The number of carbonyl (C=O) groups excluding carboxylic acids is 2. The summed E-state index contributed by atoms with van der Waals surface area (Å²) in [4.78, 5) is 29.0. The molecule has 2 amide bonds. The van der Waals surface area contributed by atoms with Gasteiger partial charge in [0.05, 0.1) is 18.7 Å². The van der Waals surface area contributed by atoms with Crippen molar-refractivity contribution >= 4 is 17.5 Å². The van der Waals surface area contributed by atoms with Crippen molar-refractivity contribution in [1.29, 1.82) is 0 Å². The summed E-state index contributed by atoms with van der Waals surface area (Å²) in [6.07, 6.45) is 0.303. The highest BCUT2D eigenvalue weighted by Gasteiger charge is 2.46. The zero-order valence-corrected chi connectivity index (χ0v) is 13.5. The summed E-state index contributed by atoms with van der Waals surface area (Å²) in [7, 11) is 0. The Kier molecular flexibility index (Phi) is 4.75. The standard InChI is InChI=1S/C17H23N3O3/c1-13-2-4-14(5-3-13)20-16(22)12-15(17(20)23)19-8-6-18(7-9-19)10-11-21/h2-5,15,21H,6-12H2,1H3/p+2. The number of aryl methyl sites for hydroxylation is 1.